The normalized spacial score (nSPS) is 36.8. The Morgan fingerprint density at radius 2 is 1.83 bits per heavy atom. The second-order valence-electron chi connectivity index (χ2n) is 2.26. The van der Waals surface area contributed by atoms with Gasteiger partial charge in [-0.15, -0.1) is 0 Å². The van der Waals surface area contributed by atoms with Gasteiger partial charge in [-0.3, -0.25) is 0 Å². The van der Waals surface area contributed by atoms with Gasteiger partial charge in [0.1, 0.15) is 6.10 Å². The molecule has 0 spiro atoms. The van der Waals surface area contributed by atoms with Crippen molar-refractivity contribution in [3.8, 4) is 0 Å². The van der Waals surface area contributed by atoms with Crippen LogP contribution in [0.25, 0.3) is 0 Å². The van der Waals surface area contributed by atoms with Crippen LogP contribution >= 0.6 is 63.7 Å². The maximum Gasteiger partial charge on any atom is 0.182 e. The van der Waals surface area contributed by atoms with Crippen molar-refractivity contribution in [1.82, 2.24) is 0 Å². The fourth-order valence-electron chi connectivity index (χ4n) is 0.711. The van der Waals surface area contributed by atoms with E-state index in [-0.39, 0.29) is 0 Å². The minimum atomic E-state index is -1.44. The van der Waals surface area contributed by atoms with Gasteiger partial charge in [0.15, 0.2) is 4.51 Å². The molecule has 12 heavy (non-hydrogen) atoms. The van der Waals surface area contributed by atoms with E-state index in [0.717, 1.165) is 0 Å². The molecule has 6 heteroatoms. The van der Waals surface area contributed by atoms with Crippen molar-refractivity contribution in [3.05, 3.63) is 19.5 Å². The summed E-state index contributed by atoms with van der Waals surface area (Å²) in [7, 11) is 0. The molecular weight excluding hydrogens is 424 g/mol. The lowest BCUT2D eigenvalue weighted by Gasteiger charge is -2.30. The molecule has 0 saturated heterocycles. The van der Waals surface area contributed by atoms with E-state index in [1.54, 1.807) is 6.08 Å². The maximum absolute atomic E-state index is 9.67. The van der Waals surface area contributed by atoms with Crippen LogP contribution in [-0.4, -0.2) is 20.8 Å². The molecule has 2 nitrogen and oxygen atoms in total. The quantitative estimate of drug-likeness (QED) is 0.584. The second-order valence-corrected chi connectivity index (χ2v) is 6.04. The van der Waals surface area contributed by atoms with Gasteiger partial charge < -0.3 is 10.2 Å². The molecule has 0 aromatic heterocycles. The van der Waals surface area contributed by atoms with Crippen molar-refractivity contribution in [3.63, 3.8) is 0 Å². The summed E-state index contributed by atoms with van der Waals surface area (Å²) in [4.78, 5) is 0. The summed E-state index contributed by atoms with van der Waals surface area (Å²) in [6.07, 6.45) is 0.636. The van der Waals surface area contributed by atoms with Gasteiger partial charge in [0.25, 0.3) is 0 Å². The Hall–Kier alpha value is 1.32. The van der Waals surface area contributed by atoms with Crippen molar-refractivity contribution in [1.29, 1.82) is 0 Å². The van der Waals surface area contributed by atoms with Crippen molar-refractivity contribution < 1.29 is 10.2 Å². The lowest BCUT2D eigenvalue weighted by atomic mass is 10.1. The third kappa shape index (κ3) is 1.88. The summed E-state index contributed by atoms with van der Waals surface area (Å²) < 4.78 is 0.233. The molecule has 0 aromatic carbocycles. The largest absolute Gasteiger partial charge is 0.383 e. The minimum absolute atomic E-state index is 0.470. The number of rotatable bonds is 0. The summed E-state index contributed by atoms with van der Waals surface area (Å²) in [5.74, 6) is 0. The highest BCUT2D eigenvalue weighted by Crippen LogP contribution is 2.43. The second kappa shape index (κ2) is 3.82. The standard InChI is InChI=1S/C6H4Br4O2/c7-2-1-3(8)6(10,12)5(11)4(2)9/h1,5,11-12H. The van der Waals surface area contributed by atoms with Crippen molar-refractivity contribution in [2.45, 2.75) is 10.6 Å². The third-order valence-corrected chi connectivity index (χ3v) is 5.69. The monoisotopic (exact) mass is 424 g/mol. The molecular formula is C6H4Br4O2. The number of aliphatic hydroxyl groups excluding tert-OH is 1. The number of allylic oxidation sites excluding steroid dienone is 2. The Morgan fingerprint density at radius 3 is 2.33 bits per heavy atom. The molecule has 0 saturated carbocycles. The van der Waals surface area contributed by atoms with Gasteiger partial charge >= 0.3 is 0 Å². The molecule has 2 unspecified atom stereocenters. The van der Waals surface area contributed by atoms with Gasteiger partial charge in [0.05, 0.1) is 0 Å². The minimum Gasteiger partial charge on any atom is -0.383 e. The van der Waals surface area contributed by atoms with Crippen molar-refractivity contribution in [2.24, 2.45) is 0 Å². The number of halogens is 4. The molecule has 0 amide bonds. The number of hydrogen-bond donors (Lipinski definition) is 2. The molecule has 1 rings (SSSR count). The Labute approximate surface area is 103 Å². The fraction of sp³-hybridized carbons (Fsp3) is 0.333. The summed E-state index contributed by atoms with van der Waals surface area (Å²) in [6, 6.07) is 0. The van der Waals surface area contributed by atoms with Gasteiger partial charge in [-0.2, -0.15) is 0 Å². The summed E-state index contributed by atoms with van der Waals surface area (Å²) in [6.45, 7) is 0. The van der Waals surface area contributed by atoms with Crippen LogP contribution < -0.4 is 0 Å². The molecule has 2 N–H and O–H groups in total. The lowest BCUT2D eigenvalue weighted by Crippen LogP contribution is -2.38. The van der Waals surface area contributed by atoms with Crippen LogP contribution in [0.1, 0.15) is 0 Å². The Balaban J connectivity index is 3.16. The molecule has 1 aliphatic carbocycles. The molecule has 1 aliphatic rings. The average Bonchev–Trinajstić information content (AvgIpc) is 1.99. The zero-order valence-electron chi connectivity index (χ0n) is 5.56. The van der Waals surface area contributed by atoms with Crippen LogP contribution in [0.15, 0.2) is 19.5 Å². The molecule has 0 aliphatic heterocycles. The Bertz CT molecular complexity index is 269. The van der Waals surface area contributed by atoms with Crippen LogP contribution in [-0.2, 0) is 0 Å². The van der Waals surface area contributed by atoms with Gasteiger partial charge in [0, 0.05) is 13.4 Å². The van der Waals surface area contributed by atoms with Gasteiger partial charge in [0.2, 0.25) is 0 Å². The van der Waals surface area contributed by atoms with E-state index in [2.05, 4.69) is 63.7 Å². The zero-order chi connectivity index (χ0) is 9.52. The Kier molecular flexibility index (Phi) is 3.63. The van der Waals surface area contributed by atoms with Crippen LogP contribution in [0.3, 0.4) is 0 Å². The first-order valence-electron chi connectivity index (χ1n) is 2.89. The van der Waals surface area contributed by atoms with Crippen LogP contribution in [0.4, 0.5) is 0 Å². The van der Waals surface area contributed by atoms with Crippen LogP contribution in [0.5, 0.6) is 0 Å². The topological polar surface area (TPSA) is 40.5 Å². The van der Waals surface area contributed by atoms with E-state index >= 15 is 0 Å². The first kappa shape index (κ1) is 11.4. The number of aliphatic hydroxyl groups is 2. The molecule has 0 fully saturated rings. The Morgan fingerprint density at radius 1 is 1.33 bits per heavy atom. The predicted molar refractivity (Wildman–Crippen MR) is 61.8 cm³/mol. The summed E-state index contributed by atoms with van der Waals surface area (Å²) in [5.41, 5.74) is 0. The summed E-state index contributed by atoms with van der Waals surface area (Å²) >= 11 is 12.5. The van der Waals surface area contributed by atoms with E-state index in [4.69, 9.17) is 0 Å². The SMILES string of the molecule is OC1C(Br)=C(Br)C=C(Br)C1(O)Br. The molecule has 0 bridgehead atoms. The molecule has 2 atom stereocenters. The predicted octanol–water partition coefficient (Wildman–Crippen LogP) is 2.72. The van der Waals surface area contributed by atoms with Crippen molar-refractivity contribution in [2.75, 3.05) is 0 Å². The highest BCUT2D eigenvalue weighted by molar-refractivity contribution is 9.15. The highest BCUT2D eigenvalue weighted by atomic mass is 79.9. The van der Waals surface area contributed by atoms with E-state index in [1.807, 2.05) is 0 Å². The zero-order valence-corrected chi connectivity index (χ0v) is 11.9. The van der Waals surface area contributed by atoms with E-state index in [1.165, 1.54) is 0 Å². The molecule has 0 aromatic rings. The number of alkyl halides is 1. The van der Waals surface area contributed by atoms with Crippen molar-refractivity contribution >= 4 is 63.7 Å². The van der Waals surface area contributed by atoms with Crippen LogP contribution in [0.2, 0.25) is 0 Å². The molecule has 0 heterocycles. The van der Waals surface area contributed by atoms with Gasteiger partial charge in [-0.1, -0.05) is 31.9 Å². The maximum atomic E-state index is 9.67. The van der Waals surface area contributed by atoms with Gasteiger partial charge in [-0.05, 0) is 37.9 Å². The van der Waals surface area contributed by atoms with E-state index in [9.17, 15) is 10.2 Å². The summed E-state index contributed by atoms with van der Waals surface area (Å²) in [5, 5.41) is 19.2. The average molecular weight is 428 g/mol. The van der Waals surface area contributed by atoms with E-state index in [0.29, 0.717) is 13.4 Å². The highest BCUT2D eigenvalue weighted by Gasteiger charge is 2.41. The van der Waals surface area contributed by atoms with Crippen LogP contribution in [0, 0.1) is 0 Å². The fourth-order valence-corrected chi connectivity index (χ4v) is 3.01. The smallest absolute Gasteiger partial charge is 0.182 e. The first-order valence-corrected chi connectivity index (χ1v) is 6.06. The molecule has 68 valence electrons. The number of hydrogen-bond acceptors (Lipinski definition) is 2. The van der Waals surface area contributed by atoms with E-state index < -0.39 is 10.6 Å². The molecule has 0 radical (unpaired) electrons. The first-order chi connectivity index (χ1) is 5.37. The third-order valence-electron chi connectivity index (χ3n) is 1.42. The lowest BCUT2D eigenvalue weighted by molar-refractivity contribution is 0.0551. The van der Waals surface area contributed by atoms with Gasteiger partial charge in [-0.25, -0.2) is 0 Å².